The standard InChI is InChI=1S/C12H21N3O3/c1-16-8-9-17-7-5-11-14-12(18-15-11)10-4-2-3-6-13-10/h10,13H,2-9H2,1H3. The van der Waals surface area contributed by atoms with Crippen molar-refractivity contribution in [3.63, 3.8) is 0 Å². The lowest BCUT2D eigenvalue weighted by Gasteiger charge is -2.19. The number of hydrogen-bond donors (Lipinski definition) is 1. The van der Waals surface area contributed by atoms with Crippen LogP contribution in [0.1, 0.15) is 37.0 Å². The Morgan fingerprint density at radius 1 is 1.33 bits per heavy atom. The van der Waals surface area contributed by atoms with E-state index in [-0.39, 0.29) is 6.04 Å². The minimum Gasteiger partial charge on any atom is -0.382 e. The molecule has 1 aliphatic heterocycles. The zero-order valence-corrected chi connectivity index (χ0v) is 10.9. The highest BCUT2D eigenvalue weighted by Crippen LogP contribution is 2.21. The second-order valence-corrected chi connectivity index (χ2v) is 4.41. The van der Waals surface area contributed by atoms with Crippen molar-refractivity contribution in [2.45, 2.75) is 31.7 Å². The van der Waals surface area contributed by atoms with Gasteiger partial charge in [-0.2, -0.15) is 4.98 Å². The molecule has 1 fully saturated rings. The van der Waals surface area contributed by atoms with Crippen molar-refractivity contribution in [3.8, 4) is 0 Å². The quantitative estimate of drug-likeness (QED) is 0.735. The maximum absolute atomic E-state index is 5.37. The Hall–Kier alpha value is -0.980. The molecule has 6 heteroatoms. The summed E-state index contributed by atoms with van der Waals surface area (Å²) < 4.78 is 15.5. The maximum atomic E-state index is 5.37. The fourth-order valence-corrected chi connectivity index (χ4v) is 1.98. The van der Waals surface area contributed by atoms with E-state index in [4.69, 9.17) is 14.0 Å². The van der Waals surface area contributed by atoms with Crippen LogP contribution in [0.25, 0.3) is 0 Å². The second-order valence-electron chi connectivity index (χ2n) is 4.41. The van der Waals surface area contributed by atoms with Gasteiger partial charge in [-0.05, 0) is 19.4 Å². The fraction of sp³-hybridized carbons (Fsp3) is 0.833. The van der Waals surface area contributed by atoms with Gasteiger partial charge in [-0.3, -0.25) is 0 Å². The summed E-state index contributed by atoms with van der Waals surface area (Å²) in [6, 6.07) is 0.231. The number of nitrogens with zero attached hydrogens (tertiary/aromatic N) is 2. The van der Waals surface area contributed by atoms with Crippen molar-refractivity contribution in [2.75, 3.05) is 33.5 Å². The molecule has 1 aromatic rings. The largest absolute Gasteiger partial charge is 0.382 e. The number of aromatic nitrogens is 2. The van der Waals surface area contributed by atoms with Gasteiger partial charge < -0.3 is 19.3 Å². The highest BCUT2D eigenvalue weighted by Gasteiger charge is 2.20. The predicted molar refractivity (Wildman–Crippen MR) is 65.3 cm³/mol. The Balaban J connectivity index is 1.72. The van der Waals surface area contributed by atoms with Crippen molar-refractivity contribution in [1.82, 2.24) is 15.5 Å². The zero-order chi connectivity index (χ0) is 12.6. The summed E-state index contributed by atoms with van der Waals surface area (Å²) >= 11 is 0. The van der Waals surface area contributed by atoms with Crippen molar-refractivity contribution in [1.29, 1.82) is 0 Å². The molecule has 1 saturated heterocycles. The molecular weight excluding hydrogens is 234 g/mol. The van der Waals surface area contributed by atoms with Gasteiger partial charge in [-0.1, -0.05) is 11.6 Å². The van der Waals surface area contributed by atoms with Crippen LogP contribution < -0.4 is 5.32 Å². The first kappa shape index (κ1) is 13.5. The first-order valence-corrected chi connectivity index (χ1v) is 6.52. The molecule has 1 atom stereocenters. The van der Waals surface area contributed by atoms with E-state index < -0.39 is 0 Å². The average molecular weight is 255 g/mol. The van der Waals surface area contributed by atoms with Crippen LogP contribution in [0.2, 0.25) is 0 Å². The Kier molecular flexibility index (Phi) is 5.57. The van der Waals surface area contributed by atoms with Crippen molar-refractivity contribution in [3.05, 3.63) is 11.7 Å². The molecular formula is C12H21N3O3. The summed E-state index contributed by atoms with van der Waals surface area (Å²) in [6.07, 6.45) is 4.20. The van der Waals surface area contributed by atoms with Gasteiger partial charge in [0.1, 0.15) is 0 Å². The molecule has 1 aromatic heterocycles. The number of rotatable bonds is 7. The number of methoxy groups -OCH3 is 1. The zero-order valence-electron chi connectivity index (χ0n) is 10.9. The molecule has 102 valence electrons. The molecule has 1 N–H and O–H groups in total. The Morgan fingerprint density at radius 2 is 2.28 bits per heavy atom. The summed E-state index contributed by atoms with van der Waals surface area (Å²) in [6.45, 7) is 2.85. The van der Waals surface area contributed by atoms with E-state index in [2.05, 4.69) is 15.5 Å². The predicted octanol–water partition coefficient (Wildman–Crippen LogP) is 1.09. The molecule has 6 nitrogen and oxygen atoms in total. The normalized spacial score (nSPS) is 20.2. The third-order valence-corrected chi connectivity index (χ3v) is 2.99. The Morgan fingerprint density at radius 3 is 3.06 bits per heavy atom. The topological polar surface area (TPSA) is 69.4 Å². The molecule has 2 rings (SSSR count). The lowest BCUT2D eigenvalue weighted by molar-refractivity contribution is 0.0714. The number of piperidine rings is 1. The monoisotopic (exact) mass is 255 g/mol. The minimum absolute atomic E-state index is 0.231. The van der Waals surface area contributed by atoms with Gasteiger partial charge in [-0.25, -0.2) is 0 Å². The summed E-state index contributed by atoms with van der Waals surface area (Å²) in [7, 11) is 1.66. The molecule has 0 amide bonds. The molecule has 18 heavy (non-hydrogen) atoms. The molecule has 2 heterocycles. The van der Waals surface area contributed by atoms with Crippen molar-refractivity contribution in [2.24, 2.45) is 0 Å². The molecule has 0 saturated carbocycles. The third-order valence-electron chi connectivity index (χ3n) is 2.99. The minimum atomic E-state index is 0.231. The van der Waals surface area contributed by atoms with Gasteiger partial charge in [0.25, 0.3) is 0 Å². The summed E-state index contributed by atoms with van der Waals surface area (Å²) in [4.78, 5) is 4.40. The lowest BCUT2D eigenvalue weighted by Crippen LogP contribution is -2.27. The third kappa shape index (κ3) is 4.04. The van der Waals surface area contributed by atoms with Crippen LogP contribution in [-0.4, -0.2) is 43.6 Å². The first-order valence-electron chi connectivity index (χ1n) is 6.52. The van der Waals surface area contributed by atoms with E-state index in [0.29, 0.717) is 32.1 Å². The van der Waals surface area contributed by atoms with Crippen molar-refractivity contribution < 1.29 is 14.0 Å². The molecule has 0 aliphatic carbocycles. The summed E-state index contributed by atoms with van der Waals surface area (Å²) in [5, 5.41) is 7.36. The number of hydrogen-bond acceptors (Lipinski definition) is 6. The van der Waals surface area contributed by atoms with Crippen LogP contribution in [0, 0.1) is 0 Å². The van der Waals surface area contributed by atoms with Gasteiger partial charge >= 0.3 is 0 Å². The van der Waals surface area contributed by atoms with Crippen LogP contribution in [0.3, 0.4) is 0 Å². The van der Waals surface area contributed by atoms with E-state index in [0.717, 1.165) is 18.8 Å². The van der Waals surface area contributed by atoms with Gasteiger partial charge in [0.05, 0.1) is 25.9 Å². The molecule has 0 radical (unpaired) electrons. The highest BCUT2D eigenvalue weighted by atomic mass is 16.5. The maximum Gasteiger partial charge on any atom is 0.243 e. The molecule has 0 spiro atoms. The van der Waals surface area contributed by atoms with E-state index >= 15 is 0 Å². The van der Waals surface area contributed by atoms with E-state index in [1.165, 1.54) is 12.8 Å². The second kappa shape index (κ2) is 7.45. The number of ether oxygens (including phenoxy) is 2. The van der Waals surface area contributed by atoms with Crippen LogP contribution in [-0.2, 0) is 15.9 Å². The van der Waals surface area contributed by atoms with Gasteiger partial charge in [0.2, 0.25) is 5.89 Å². The summed E-state index contributed by atoms with van der Waals surface area (Å²) in [5.74, 6) is 1.43. The fourth-order valence-electron chi connectivity index (χ4n) is 1.98. The van der Waals surface area contributed by atoms with Crippen LogP contribution in [0.5, 0.6) is 0 Å². The first-order chi connectivity index (χ1) is 8.90. The Labute approximate surface area is 107 Å². The van der Waals surface area contributed by atoms with Gasteiger partial charge in [0, 0.05) is 13.5 Å². The molecule has 1 aliphatic rings. The van der Waals surface area contributed by atoms with E-state index in [9.17, 15) is 0 Å². The van der Waals surface area contributed by atoms with E-state index in [1.807, 2.05) is 0 Å². The van der Waals surface area contributed by atoms with Crippen LogP contribution in [0.15, 0.2) is 4.52 Å². The smallest absolute Gasteiger partial charge is 0.243 e. The van der Waals surface area contributed by atoms with Crippen molar-refractivity contribution >= 4 is 0 Å². The molecule has 1 unspecified atom stereocenters. The SMILES string of the molecule is COCCOCCc1noc(C2CCCCN2)n1. The molecule has 0 aromatic carbocycles. The van der Waals surface area contributed by atoms with Gasteiger partial charge in [0.15, 0.2) is 5.82 Å². The number of nitrogens with one attached hydrogen (secondary N) is 1. The van der Waals surface area contributed by atoms with Crippen LogP contribution >= 0.6 is 0 Å². The lowest BCUT2D eigenvalue weighted by atomic mass is 10.1. The Bertz CT molecular complexity index is 337. The summed E-state index contributed by atoms with van der Waals surface area (Å²) in [5.41, 5.74) is 0. The van der Waals surface area contributed by atoms with Crippen LogP contribution in [0.4, 0.5) is 0 Å². The van der Waals surface area contributed by atoms with Gasteiger partial charge in [-0.15, -0.1) is 0 Å². The molecule has 0 bridgehead atoms. The highest BCUT2D eigenvalue weighted by molar-refractivity contribution is 4.94. The average Bonchev–Trinajstić information content (AvgIpc) is 2.88. The van der Waals surface area contributed by atoms with E-state index in [1.54, 1.807) is 7.11 Å².